The molecule has 4 rings (SSSR count). The molecule has 0 amide bonds. The van der Waals surface area contributed by atoms with Crippen molar-refractivity contribution in [3.63, 3.8) is 0 Å². The Morgan fingerprint density at radius 2 is 1.66 bits per heavy atom. The molecule has 0 saturated carbocycles. The van der Waals surface area contributed by atoms with E-state index in [1.165, 1.54) is 26.0 Å². The molecule has 38 heavy (non-hydrogen) atoms. The van der Waals surface area contributed by atoms with Gasteiger partial charge in [0.1, 0.15) is 11.5 Å². The lowest BCUT2D eigenvalue weighted by molar-refractivity contribution is -0.152. The number of benzene rings is 2. The average molecular weight is 527 g/mol. The van der Waals surface area contributed by atoms with Crippen LogP contribution in [0, 0.1) is 6.92 Å². The molecule has 0 fully saturated rings. The fourth-order valence-corrected chi connectivity index (χ4v) is 4.03. The minimum absolute atomic E-state index is 0.461. The molecule has 2 heterocycles. The van der Waals surface area contributed by atoms with Gasteiger partial charge in [-0.05, 0) is 86.0 Å². The first-order valence-corrected chi connectivity index (χ1v) is 12.0. The van der Waals surface area contributed by atoms with E-state index in [0.717, 1.165) is 34.6 Å². The van der Waals surface area contributed by atoms with Gasteiger partial charge in [0.2, 0.25) is 0 Å². The summed E-state index contributed by atoms with van der Waals surface area (Å²) in [5, 5.41) is 9.29. The zero-order valence-electron chi connectivity index (χ0n) is 21.3. The van der Waals surface area contributed by atoms with E-state index in [0.29, 0.717) is 31.1 Å². The highest BCUT2D eigenvalue weighted by Gasteiger charge is 2.30. The topological polar surface area (TPSA) is 67.8 Å². The third kappa shape index (κ3) is 6.66. The van der Waals surface area contributed by atoms with Gasteiger partial charge >= 0.3 is 12.1 Å². The summed E-state index contributed by atoms with van der Waals surface area (Å²) in [5.41, 5.74) is 1.65. The molecule has 0 saturated heterocycles. The van der Waals surface area contributed by atoms with Crippen LogP contribution in [0.3, 0.4) is 0 Å². The SMILES string of the molecule is Cc1cn(-c2ccc(C(F)(F)F)cc2)cc1CN(Cc1ccc(OC(C)(C)C(=O)O)cc1)Cc1ccco1. The number of aliphatic carboxylic acids is 1. The lowest BCUT2D eigenvalue weighted by Gasteiger charge is -2.23. The monoisotopic (exact) mass is 526 g/mol. The van der Waals surface area contributed by atoms with Gasteiger partial charge in [-0.3, -0.25) is 4.90 Å². The number of alkyl halides is 3. The fraction of sp³-hybridized carbons (Fsp3) is 0.276. The molecule has 0 unspecified atom stereocenters. The first-order valence-electron chi connectivity index (χ1n) is 12.0. The number of carboxylic acids is 1. The zero-order chi connectivity index (χ0) is 27.5. The molecular weight excluding hydrogens is 497 g/mol. The van der Waals surface area contributed by atoms with Crippen LogP contribution in [0.1, 0.15) is 41.9 Å². The minimum Gasteiger partial charge on any atom is -0.478 e. The molecule has 0 aliphatic carbocycles. The third-order valence-electron chi connectivity index (χ3n) is 6.20. The summed E-state index contributed by atoms with van der Waals surface area (Å²) in [6, 6.07) is 16.1. The van der Waals surface area contributed by atoms with Gasteiger partial charge in [0, 0.05) is 31.2 Å². The van der Waals surface area contributed by atoms with Crippen molar-refractivity contribution in [2.45, 2.75) is 52.2 Å². The van der Waals surface area contributed by atoms with E-state index in [-0.39, 0.29) is 0 Å². The molecule has 0 atom stereocenters. The predicted molar refractivity (Wildman–Crippen MR) is 136 cm³/mol. The van der Waals surface area contributed by atoms with Gasteiger partial charge in [-0.15, -0.1) is 0 Å². The Balaban J connectivity index is 1.51. The maximum Gasteiger partial charge on any atom is 0.416 e. The Labute approximate surface area is 218 Å². The Morgan fingerprint density at radius 1 is 0.974 bits per heavy atom. The average Bonchev–Trinajstić information content (AvgIpc) is 3.49. The number of hydrogen-bond donors (Lipinski definition) is 1. The van der Waals surface area contributed by atoms with Crippen molar-refractivity contribution in [1.29, 1.82) is 0 Å². The summed E-state index contributed by atoms with van der Waals surface area (Å²) in [7, 11) is 0. The molecule has 2 aromatic heterocycles. The molecule has 0 bridgehead atoms. The van der Waals surface area contributed by atoms with Gasteiger partial charge in [0.05, 0.1) is 18.4 Å². The number of carboxylic acid groups (broad SMARTS) is 1. The van der Waals surface area contributed by atoms with Crippen LogP contribution >= 0.6 is 0 Å². The molecule has 1 N–H and O–H groups in total. The van der Waals surface area contributed by atoms with Crippen molar-refractivity contribution in [1.82, 2.24) is 9.47 Å². The Hall–Kier alpha value is -3.98. The largest absolute Gasteiger partial charge is 0.478 e. The van der Waals surface area contributed by atoms with Crippen LogP contribution in [-0.2, 0) is 30.6 Å². The van der Waals surface area contributed by atoms with E-state index < -0.39 is 23.3 Å². The number of rotatable bonds is 10. The highest BCUT2D eigenvalue weighted by molar-refractivity contribution is 5.76. The van der Waals surface area contributed by atoms with Gasteiger partial charge in [-0.1, -0.05) is 12.1 Å². The van der Waals surface area contributed by atoms with Crippen LogP contribution in [0.25, 0.3) is 5.69 Å². The van der Waals surface area contributed by atoms with Crippen LogP contribution in [0.15, 0.2) is 83.7 Å². The molecule has 0 spiro atoms. The quantitative estimate of drug-likeness (QED) is 0.245. The lowest BCUT2D eigenvalue weighted by atomic mass is 10.1. The summed E-state index contributed by atoms with van der Waals surface area (Å²) in [5.74, 6) is 0.209. The van der Waals surface area contributed by atoms with Crippen LogP contribution < -0.4 is 4.74 Å². The molecule has 0 aliphatic rings. The maximum absolute atomic E-state index is 12.9. The number of ether oxygens (including phenoxy) is 1. The van der Waals surface area contributed by atoms with E-state index in [1.807, 2.05) is 48.1 Å². The summed E-state index contributed by atoms with van der Waals surface area (Å²) >= 11 is 0. The number of furan rings is 1. The van der Waals surface area contributed by atoms with E-state index in [2.05, 4.69) is 4.90 Å². The Morgan fingerprint density at radius 3 is 2.24 bits per heavy atom. The van der Waals surface area contributed by atoms with Crippen LogP contribution in [-0.4, -0.2) is 26.1 Å². The molecule has 0 radical (unpaired) electrons. The van der Waals surface area contributed by atoms with Gasteiger partial charge in [-0.2, -0.15) is 13.2 Å². The smallest absolute Gasteiger partial charge is 0.416 e. The Bertz CT molecular complexity index is 1360. The molecule has 6 nitrogen and oxygen atoms in total. The van der Waals surface area contributed by atoms with E-state index >= 15 is 0 Å². The number of carbonyl (C=O) groups is 1. The number of hydrogen-bond acceptors (Lipinski definition) is 4. The van der Waals surface area contributed by atoms with E-state index in [4.69, 9.17) is 9.15 Å². The molecular formula is C29H29F3N2O4. The summed E-state index contributed by atoms with van der Waals surface area (Å²) < 4.78 is 51.8. The number of halogens is 3. The highest BCUT2D eigenvalue weighted by atomic mass is 19.4. The van der Waals surface area contributed by atoms with Crippen molar-refractivity contribution in [2.75, 3.05) is 0 Å². The summed E-state index contributed by atoms with van der Waals surface area (Å²) in [6.07, 6.45) is 1.08. The predicted octanol–water partition coefficient (Wildman–Crippen LogP) is 6.84. The molecule has 4 aromatic rings. The van der Waals surface area contributed by atoms with Gasteiger partial charge in [-0.25, -0.2) is 4.79 Å². The lowest BCUT2D eigenvalue weighted by Crippen LogP contribution is -2.37. The molecule has 9 heteroatoms. The van der Waals surface area contributed by atoms with Crippen molar-refractivity contribution >= 4 is 5.97 Å². The van der Waals surface area contributed by atoms with Gasteiger partial charge in [0.25, 0.3) is 0 Å². The van der Waals surface area contributed by atoms with E-state index in [1.54, 1.807) is 18.4 Å². The van der Waals surface area contributed by atoms with Crippen LogP contribution in [0.2, 0.25) is 0 Å². The van der Waals surface area contributed by atoms with Gasteiger partial charge < -0.3 is 18.8 Å². The van der Waals surface area contributed by atoms with Crippen molar-refractivity contribution < 1.29 is 32.2 Å². The summed E-state index contributed by atoms with van der Waals surface area (Å²) in [6.45, 7) is 6.65. The van der Waals surface area contributed by atoms with Crippen LogP contribution in [0.4, 0.5) is 13.2 Å². The standard InChI is InChI=1S/C29H29F3N2O4/c1-20-15-34(24-10-8-23(9-11-24)29(30,31)32)18-22(20)17-33(19-26-5-4-14-37-26)16-21-6-12-25(13-7-21)38-28(2,3)27(35)36/h4-15,18H,16-17,19H2,1-3H3,(H,35,36). The summed E-state index contributed by atoms with van der Waals surface area (Å²) in [4.78, 5) is 13.5. The maximum atomic E-state index is 12.9. The first kappa shape index (κ1) is 27.1. The zero-order valence-corrected chi connectivity index (χ0v) is 21.3. The second kappa shape index (κ2) is 10.8. The molecule has 0 aliphatic heterocycles. The Kier molecular flexibility index (Phi) is 7.68. The molecule has 2 aromatic carbocycles. The number of aromatic nitrogens is 1. The second-order valence-electron chi connectivity index (χ2n) is 9.70. The van der Waals surface area contributed by atoms with Crippen molar-refractivity contribution in [3.05, 3.63) is 107 Å². The second-order valence-corrected chi connectivity index (χ2v) is 9.70. The first-order chi connectivity index (χ1) is 17.9. The number of aryl methyl sites for hydroxylation is 1. The number of nitrogens with zero attached hydrogens (tertiary/aromatic N) is 2. The van der Waals surface area contributed by atoms with Crippen LogP contribution in [0.5, 0.6) is 5.75 Å². The van der Waals surface area contributed by atoms with Crippen molar-refractivity contribution in [3.8, 4) is 11.4 Å². The van der Waals surface area contributed by atoms with Crippen molar-refractivity contribution in [2.24, 2.45) is 0 Å². The highest BCUT2D eigenvalue weighted by Crippen LogP contribution is 2.30. The normalized spacial score (nSPS) is 12.2. The van der Waals surface area contributed by atoms with E-state index in [9.17, 15) is 23.1 Å². The third-order valence-corrected chi connectivity index (χ3v) is 6.20. The minimum atomic E-state index is -4.38. The molecule has 200 valence electrons. The fourth-order valence-electron chi connectivity index (χ4n) is 4.03. The van der Waals surface area contributed by atoms with Gasteiger partial charge in [0.15, 0.2) is 5.60 Å².